The van der Waals surface area contributed by atoms with Gasteiger partial charge in [-0.05, 0) is 62.0 Å². The van der Waals surface area contributed by atoms with E-state index in [0.29, 0.717) is 29.8 Å². The number of halogens is 1. The van der Waals surface area contributed by atoms with E-state index in [2.05, 4.69) is 5.32 Å². The van der Waals surface area contributed by atoms with Crippen LogP contribution in [-0.4, -0.2) is 38.9 Å². The molecule has 3 rings (SSSR count). The average molecular weight is 317 g/mol. The number of fused-ring (bicyclic) bond motifs is 1. The van der Waals surface area contributed by atoms with Crippen LogP contribution < -0.4 is 5.32 Å². The van der Waals surface area contributed by atoms with Crippen LogP contribution in [0.25, 0.3) is 0 Å². The molecule has 0 bridgehead atoms. The molecule has 1 aromatic rings. The van der Waals surface area contributed by atoms with Gasteiger partial charge in [0.05, 0.1) is 4.90 Å². The lowest BCUT2D eigenvalue weighted by Gasteiger charge is -2.18. The molecule has 112 valence electrons. The smallest absolute Gasteiger partial charge is 0.243 e. The molecule has 2 heterocycles. The topological polar surface area (TPSA) is 49.4 Å². The summed E-state index contributed by atoms with van der Waals surface area (Å²) in [6.45, 7) is 7.17. The van der Waals surface area contributed by atoms with E-state index in [1.165, 1.54) is 0 Å². The Morgan fingerprint density at radius 2 is 1.70 bits per heavy atom. The van der Waals surface area contributed by atoms with E-state index in [0.717, 1.165) is 24.2 Å². The van der Waals surface area contributed by atoms with Crippen LogP contribution in [0.5, 0.6) is 0 Å². The molecule has 20 heavy (non-hydrogen) atoms. The molecule has 0 spiro atoms. The van der Waals surface area contributed by atoms with Crippen LogP contribution in [0.15, 0.2) is 23.1 Å². The highest BCUT2D eigenvalue weighted by Gasteiger charge is 2.41. The van der Waals surface area contributed by atoms with Crippen LogP contribution in [0, 0.1) is 25.7 Å². The number of rotatable bonds is 2. The van der Waals surface area contributed by atoms with Crippen molar-refractivity contribution in [3.8, 4) is 0 Å². The second-order valence-electron chi connectivity index (χ2n) is 5.75. The number of aryl methyl sites for hydroxylation is 2. The van der Waals surface area contributed by atoms with Gasteiger partial charge in [0.1, 0.15) is 0 Å². The van der Waals surface area contributed by atoms with Crippen molar-refractivity contribution < 1.29 is 8.42 Å². The van der Waals surface area contributed by atoms with E-state index in [1.54, 1.807) is 16.4 Å². The van der Waals surface area contributed by atoms with Crippen LogP contribution in [0.3, 0.4) is 0 Å². The summed E-state index contributed by atoms with van der Waals surface area (Å²) in [5, 5.41) is 3.33. The molecule has 0 aliphatic carbocycles. The molecule has 2 aliphatic heterocycles. The molecule has 2 fully saturated rings. The molecule has 2 atom stereocenters. The molecule has 4 nitrogen and oxygen atoms in total. The number of benzene rings is 1. The van der Waals surface area contributed by atoms with Crippen LogP contribution >= 0.6 is 12.4 Å². The molecule has 2 saturated heterocycles. The standard InChI is InChI=1S/C14H20N2O2S.ClH/c1-10-3-4-14(5-11(10)2)19(17,18)16-8-12-6-15-7-13(12)9-16;/h3-5,12-13,15H,6-9H2,1-2H3;1H/t12-,13+;. The molecule has 1 aromatic carbocycles. The summed E-state index contributed by atoms with van der Waals surface area (Å²) in [4.78, 5) is 0.434. The van der Waals surface area contributed by atoms with Crippen molar-refractivity contribution in [1.29, 1.82) is 0 Å². The molecule has 6 heteroatoms. The van der Waals surface area contributed by atoms with Crippen molar-refractivity contribution in [2.24, 2.45) is 11.8 Å². The van der Waals surface area contributed by atoms with E-state index in [-0.39, 0.29) is 12.4 Å². The third kappa shape index (κ3) is 2.60. The summed E-state index contributed by atoms with van der Waals surface area (Å²) >= 11 is 0. The molecule has 1 N–H and O–H groups in total. The summed E-state index contributed by atoms with van der Waals surface area (Å²) in [7, 11) is -3.31. The molecule has 0 radical (unpaired) electrons. The van der Waals surface area contributed by atoms with Gasteiger partial charge in [0, 0.05) is 13.1 Å². The Morgan fingerprint density at radius 3 is 2.25 bits per heavy atom. The Balaban J connectivity index is 0.00000147. The Kier molecular flexibility index (Phi) is 4.44. The molecule has 0 aromatic heterocycles. The second kappa shape index (κ2) is 5.64. The van der Waals surface area contributed by atoms with Crippen molar-refractivity contribution in [2.75, 3.05) is 26.2 Å². The zero-order valence-corrected chi connectivity index (χ0v) is 13.4. The molecule has 2 aliphatic rings. The molecule has 0 amide bonds. The summed E-state index contributed by atoms with van der Waals surface area (Å²) in [5.74, 6) is 0.975. The van der Waals surface area contributed by atoms with Gasteiger partial charge in [-0.1, -0.05) is 6.07 Å². The SMILES string of the molecule is Cc1ccc(S(=O)(=O)N2C[C@H]3CNC[C@H]3C2)cc1C.Cl. The fraction of sp³-hybridized carbons (Fsp3) is 0.571. The summed E-state index contributed by atoms with van der Waals surface area (Å²) in [5.41, 5.74) is 2.16. The third-order valence-electron chi connectivity index (χ3n) is 4.47. The first-order valence-corrected chi connectivity index (χ1v) is 8.20. The predicted octanol–water partition coefficient (Wildman–Crippen LogP) is 1.57. The number of nitrogens with zero attached hydrogens (tertiary/aromatic N) is 1. The van der Waals surface area contributed by atoms with Crippen LogP contribution in [0.4, 0.5) is 0 Å². The lowest BCUT2D eigenvalue weighted by molar-refractivity contribution is 0.448. The van der Waals surface area contributed by atoms with Crippen molar-refractivity contribution in [3.05, 3.63) is 29.3 Å². The second-order valence-corrected chi connectivity index (χ2v) is 7.68. The number of sulfonamides is 1. The van der Waals surface area contributed by atoms with Crippen molar-refractivity contribution in [1.82, 2.24) is 9.62 Å². The molecule has 0 unspecified atom stereocenters. The van der Waals surface area contributed by atoms with Gasteiger partial charge < -0.3 is 5.32 Å². The Bertz CT molecular complexity index is 591. The largest absolute Gasteiger partial charge is 0.316 e. The van der Waals surface area contributed by atoms with Gasteiger partial charge in [0.25, 0.3) is 0 Å². The Labute approximate surface area is 127 Å². The van der Waals surface area contributed by atoms with Crippen LogP contribution in [0.1, 0.15) is 11.1 Å². The minimum absolute atomic E-state index is 0. The van der Waals surface area contributed by atoms with E-state index in [4.69, 9.17) is 0 Å². The lowest BCUT2D eigenvalue weighted by Crippen LogP contribution is -2.32. The number of nitrogens with one attached hydrogen (secondary N) is 1. The summed E-state index contributed by atoms with van der Waals surface area (Å²) < 4.78 is 26.9. The molecular weight excluding hydrogens is 296 g/mol. The van der Waals surface area contributed by atoms with E-state index in [9.17, 15) is 8.42 Å². The highest BCUT2D eigenvalue weighted by Crippen LogP contribution is 2.31. The fourth-order valence-corrected chi connectivity index (χ4v) is 4.67. The first-order valence-electron chi connectivity index (χ1n) is 6.76. The maximum absolute atomic E-state index is 12.6. The van der Waals surface area contributed by atoms with Gasteiger partial charge >= 0.3 is 0 Å². The van der Waals surface area contributed by atoms with E-state index in [1.807, 2.05) is 19.9 Å². The zero-order chi connectivity index (χ0) is 13.6. The highest BCUT2D eigenvalue weighted by atomic mass is 35.5. The third-order valence-corrected chi connectivity index (χ3v) is 6.30. The fourth-order valence-electron chi connectivity index (χ4n) is 3.03. The van der Waals surface area contributed by atoms with E-state index < -0.39 is 10.0 Å². The van der Waals surface area contributed by atoms with Gasteiger partial charge in [-0.15, -0.1) is 12.4 Å². The lowest BCUT2D eigenvalue weighted by atomic mass is 10.0. The van der Waals surface area contributed by atoms with Crippen molar-refractivity contribution in [2.45, 2.75) is 18.7 Å². The first kappa shape index (κ1) is 15.8. The minimum Gasteiger partial charge on any atom is -0.316 e. The van der Waals surface area contributed by atoms with Crippen molar-refractivity contribution >= 4 is 22.4 Å². The van der Waals surface area contributed by atoms with Crippen molar-refractivity contribution in [3.63, 3.8) is 0 Å². The van der Waals surface area contributed by atoms with Gasteiger partial charge in [-0.25, -0.2) is 8.42 Å². The maximum Gasteiger partial charge on any atom is 0.243 e. The van der Waals surface area contributed by atoms with Crippen LogP contribution in [-0.2, 0) is 10.0 Å². The van der Waals surface area contributed by atoms with Gasteiger partial charge in [0.15, 0.2) is 0 Å². The average Bonchev–Trinajstić information content (AvgIpc) is 2.93. The predicted molar refractivity (Wildman–Crippen MR) is 81.8 cm³/mol. The molecular formula is C14H21ClN2O2S. The Morgan fingerprint density at radius 1 is 1.10 bits per heavy atom. The summed E-state index contributed by atoms with van der Waals surface area (Å²) in [6.07, 6.45) is 0. The maximum atomic E-state index is 12.6. The summed E-state index contributed by atoms with van der Waals surface area (Å²) in [6, 6.07) is 5.40. The Hall–Kier alpha value is -0.620. The van der Waals surface area contributed by atoms with Crippen LogP contribution in [0.2, 0.25) is 0 Å². The number of hydrogen-bond acceptors (Lipinski definition) is 3. The zero-order valence-electron chi connectivity index (χ0n) is 11.8. The van der Waals surface area contributed by atoms with Gasteiger partial charge in [-0.2, -0.15) is 4.31 Å². The quantitative estimate of drug-likeness (QED) is 0.901. The highest BCUT2D eigenvalue weighted by molar-refractivity contribution is 7.89. The normalized spacial score (nSPS) is 26.3. The minimum atomic E-state index is -3.31. The monoisotopic (exact) mass is 316 g/mol. The van der Waals surface area contributed by atoms with Gasteiger partial charge in [-0.3, -0.25) is 0 Å². The van der Waals surface area contributed by atoms with E-state index >= 15 is 0 Å². The number of hydrogen-bond donors (Lipinski definition) is 1. The van der Waals surface area contributed by atoms with Gasteiger partial charge in [0.2, 0.25) is 10.0 Å². The molecule has 0 saturated carbocycles. The first-order chi connectivity index (χ1) is 8.98.